The van der Waals surface area contributed by atoms with Crippen molar-refractivity contribution in [3.05, 3.63) is 137 Å². The van der Waals surface area contributed by atoms with Gasteiger partial charge in [-0.15, -0.1) is 0 Å². The van der Waals surface area contributed by atoms with Gasteiger partial charge in [-0.25, -0.2) is 0 Å². The largest absolute Gasteiger partial charge is 0.507 e. The van der Waals surface area contributed by atoms with E-state index in [2.05, 4.69) is 18.2 Å². The van der Waals surface area contributed by atoms with E-state index < -0.39 is 0 Å². The van der Waals surface area contributed by atoms with Gasteiger partial charge in [0.1, 0.15) is 18.0 Å². The van der Waals surface area contributed by atoms with E-state index >= 15 is 0 Å². The molecule has 0 aliphatic carbocycles. The summed E-state index contributed by atoms with van der Waals surface area (Å²) in [6, 6.07) is 34.1. The van der Waals surface area contributed by atoms with E-state index in [1.54, 1.807) is 0 Å². The molecule has 0 amide bonds. The van der Waals surface area contributed by atoms with Crippen molar-refractivity contribution in [2.45, 2.75) is 25.4 Å². The van der Waals surface area contributed by atoms with Crippen molar-refractivity contribution in [2.75, 3.05) is 39.6 Å². The predicted molar refractivity (Wildman–Crippen MR) is 164 cm³/mol. The Morgan fingerprint density at radius 3 is 1.48 bits per heavy atom. The minimum atomic E-state index is -0.265. The van der Waals surface area contributed by atoms with Crippen LogP contribution in [-0.4, -0.2) is 44.7 Å². The van der Waals surface area contributed by atoms with Crippen LogP contribution in [0, 0.1) is 0 Å². The summed E-state index contributed by atoms with van der Waals surface area (Å²) in [4.78, 5) is 0. The molecule has 1 N–H and O–H groups in total. The average molecular weight is 567 g/mol. The fourth-order valence-electron chi connectivity index (χ4n) is 4.83. The molecule has 4 aromatic carbocycles. The summed E-state index contributed by atoms with van der Waals surface area (Å²) < 4.78 is 30.4. The molecule has 42 heavy (non-hydrogen) atoms. The van der Waals surface area contributed by atoms with Crippen LogP contribution in [-0.2, 0) is 36.9 Å². The predicted octanol–water partition coefficient (Wildman–Crippen LogP) is 7.14. The molecule has 6 nitrogen and oxygen atoms in total. The maximum atomic E-state index is 11.3. The van der Waals surface area contributed by atoms with Crippen LogP contribution in [0.3, 0.4) is 0 Å². The van der Waals surface area contributed by atoms with Crippen molar-refractivity contribution in [3.8, 4) is 5.75 Å². The number of hydrogen-bond donors (Lipinski definition) is 1. The third-order valence-electron chi connectivity index (χ3n) is 7.05. The first-order valence-corrected chi connectivity index (χ1v) is 14.4. The first kappa shape index (κ1) is 29.7. The summed E-state index contributed by atoms with van der Waals surface area (Å²) >= 11 is 0. The molecule has 0 saturated heterocycles. The molecule has 0 spiro atoms. The Balaban J connectivity index is 1.39. The minimum Gasteiger partial charge on any atom is -0.507 e. The van der Waals surface area contributed by atoms with Gasteiger partial charge in [-0.3, -0.25) is 0 Å². The van der Waals surface area contributed by atoms with Crippen LogP contribution in [0.4, 0.5) is 0 Å². The van der Waals surface area contributed by atoms with Crippen LogP contribution in [0.5, 0.6) is 5.75 Å². The lowest BCUT2D eigenvalue weighted by Crippen LogP contribution is -2.18. The number of hydrogen-bond acceptors (Lipinski definition) is 6. The second kappa shape index (κ2) is 16.0. The summed E-state index contributed by atoms with van der Waals surface area (Å²) in [7, 11) is 0. The maximum Gasteiger partial charge on any atom is 0.126 e. The van der Waals surface area contributed by atoms with Crippen LogP contribution in [0.1, 0.15) is 45.6 Å². The fourth-order valence-corrected chi connectivity index (χ4v) is 4.83. The van der Waals surface area contributed by atoms with Gasteiger partial charge in [-0.2, -0.15) is 0 Å². The summed E-state index contributed by atoms with van der Waals surface area (Å²) in [6.07, 6.45) is 3.57. The molecule has 1 aliphatic heterocycles. The molecule has 0 aromatic heterocycles. The standard InChI is InChI=1S/C36H38O6/c37-36-32-22-29(17-16-28-10-4-1-5-11-28)23-33(36)25-40-27-35(31-14-8-3-9-15-31)42-21-19-38-18-20-41-34(26-39-24-32)30-12-6-2-7-13-30/h1-17,22-23,34-35,37H,18-21,24-27H2/t34-,35-/m1/s1. The molecular formula is C36H38O6. The smallest absolute Gasteiger partial charge is 0.126 e. The molecular weight excluding hydrogens is 528 g/mol. The fraction of sp³-hybridized carbons (Fsp3) is 0.278. The van der Waals surface area contributed by atoms with Crippen molar-refractivity contribution in [3.63, 3.8) is 0 Å². The highest BCUT2D eigenvalue weighted by atomic mass is 16.6. The van der Waals surface area contributed by atoms with Gasteiger partial charge in [0.15, 0.2) is 0 Å². The van der Waals surface area contributed by atoms with Crippen LogP contribution < -0.4 is 0 Å². The first-order chi connectivity index (χ1) is 20.8. The van der Waals surface area contributed by atoms with Crippen molar-refractivity contribution in [2.24, 2.45) is 0 Å². The van der Waals surface area contributed by atoms with Gasteiger partial charge < -0.3 is 28.8 Å². The van der Waals surface area contributed by atoms with E-state index in [0.717, 1.165) is 22.3 Å². The zero-order valence-corrected chi connectivity index (χ0v) is 23.8. The van der Waals surface area contributed by atoms with E-state index in [1.807, 2.05) is 97.1 Å². The van der Waals surface area contributed by atoms with Gasteiger partial charge in [-0.1, -0.05) is 103 Å². The van der Waals surface area contributed by atoms with Crippen molar-refractivity contribution in [1.29, 1.82) is 0 Å². The Kier molecular flexibility index (Phi) is 11.3. The minimum absolute atomic E-state index is 0.177. The summed E-state index contributed by atoms with van der Waals surface area (Å²) in [5, 5.41) is 11.3. The molecule has 1 aliphatic rings. The molecule has 218 valence electrons. The first-order valence-electron chi connectivity index (χ1n) is 14.4. The summed E-state index contributed by atoms with van der Waals surface area (Å²) in [5.41, 5.74) is 5.48. The van der Waals surface area contributed by atoms with E-state index in [-0.39, 0.29) is 31.2 Å². The molecule has 0 saturated carbocycles. The number of aromatic hydroxyl groups is 1. The van der Waals surface area contributed by atoms with Gasteiger partial charge >= 0.3 is 0 Å². The molecule has 0 unspecified atom stereocenters. The zero-order valence-electron chi connectivity index (χ0n) is 23.8. The second-order valence-electron chi connectivity index (χ2n) is 10.1. The van der Waals surface area contributed by atoms with Gasteiger partial charge in [0, 0.05) is 11.1 Å². The normalized spacial score (nSPS) is 19.6. The Hall–Kier alpha value is -3.78. The number of fused-ring (bicyclic) bond motifs is 2. The van der Waals surface area contributed by atoms with Gasteiger partial charge in [0.25, 0.3) is 0 Å². The molecule has 0 fully saturated rings. The Morgan fingerprint density at radius 2 is 0.976 bits per heavy atom. The quantitative estimate of drug-likeness (QED) is 0.265. The van der Waals surface area contributed by atoms with Crippen LogP contribution in [0.25, 0.3) is 12.2 Å². The highest BCUT2D eigenvalue weighted by molar-refractivity contribution is 5.71. The summed E-state index contributed by atoms with van der Waals surface area (Å²) in [6.45, 7) is 2.85. The van der Waals surface area contributed by atoms with E-state index in [9.17, 15) is 5.11 Å². The number of rotatable bonds is 4. The monoisotopic (exact) mass is 566 g/mol. The number of phenols is 1. The van der Waals surface area contributed by atoms with Gasteiger partial charge in [0.05, 0.1) is 52.9 Å². The number of phenolic OH excluding ortho intramolecular Hbond substituents is 1. The Labute approximate surface area is 248 Å². The lowest BCUT2D eigenvalue weighted by atomic mass is 10.0. The number of benzene rings is 4. The second-order valence-corrected chi connectivity index (χ2v) is 10.1. The third kappa shape index (κ3) is 8.86. The van der Waals surface area contributed by atoms with Crippen molar-refractivity contribution >= 4 is 12.2 Å². The third-order valence-corrected chi connectivity index (χ3v) is 7.05. The van der Waals surface area contributed by atoms with Gasteiger partial charge in [0.2, 0.25) is 0 Å². The van der Waals surface area contributed by atoms with Crippen LogP contribution >= 0.6 is 0 Å². The highest BCUT2D eigenvalue weighted by Gasteiger charge is 2.17. The molecule has 5 rings (SSSR count). The lowest BCUT2D eigenvalue weighted by Gasteiger charge is -2.21. The molecule has 4 aromatic rings. The van der Waals surface area contributed by atoms with Crippen LogP contribution in [0.2, 0.25) is 0 Å². The Bertz CT molecular complexity index is 1300. The highest BCUT2D eigenvalue weighted by Crippen LogP contribution is 2.29. The average Bonchev–Trinajstić information content (AvgIpc) is 3.04. The lowest BCUT2D eigenvalue weighted by molar-refractivity contribution is -0.0646. The maximum absolute atomic E-state index is 11.3. The van der Waals surface area contributed by atoms with Crippen molar-refractivity contribution < 1.29 is 28.8 Å². The molecule has 1 heterocycles. The van der Waals surface area contributed by atoms with Crippen LogP contribution in [0.15, 0.2) is 103 Å². The van der Waals surface area contributed by atoms with E-state index in [4.69, 9.17) is 23.7 Å². The zero-order chi connectivity index (χ0) is 28.8. The topological polar surface area (TPSA) is 66.4 Å². The SMILES string of the molecule is Oc1c2cc(C=Cc3ccccc3)cc1COC[C@H](c1ccccc1)OCCOCCO[C@@H](c1ccccc1)COC2. The number of ether oxygens (including phenoxy) is 5. The van der Waals surface area contributed by atoms with E-state index in [1.165, 1.54) is 0 Å². The van der Waals surface area contributed by atoms with Crippen molar-refractivity contribution in [1.82, 2.24) is 0 Å². The Morgan fingerprint density at radius 1 is 0.524 bits per heavy atom. The molecule has 0 radical (unpaired) electrons. The molecule has 6 heteroatoms. The van der Waals surface area contributed by atoms with Gasteiger partial charge in [-0.05, 0) is 34.4 Å². The van der Waals surface area contributed by atoms with E-state index in [0.29, 0.717) is 50.8 Å². The molecule has 2 atom stereocenters. The molecule has 2 bridgehead atoms. The summed E-state index contributed by atoms with van der Waals surface area (Å²) in [5.74, 6) is 0.177.